The molecule has 1 rings (SSSR count). The number of hydroxylamine groups is 2. The SMILES string of the molecule is CC(C)[C@H](NC(=O)CCOCCOCCN=[N+]=[N-])C(=O)CCC(=O)ON1C(=O)CCC1=O. The van der Waals surface area contributed by atoms with E-state index in [1.807, 2.05) is 0 Å². The predicted octanol–water partition coefficient (Wildman–Crippen LogP) is 0.817. The van der Waals surface area contributed by atoms with Crippen LogP contribution in [0.5, 0.6) is 0 Å². The fourth-order valence-corrected chi connectivity index (χ4v) is 2.69. The molecule has 0 unspecified atom stereocenters. The quantitative estimate of drug-likeness (QED) is 0.117. The number of nitrogens with one attached hydrogen (secondary N) is 1. The van der Waals surface area contributed by atoms with Crippen LogP contribution in [0, 0.1) is 5.92 Å². The normalized spacial score (nSPS) is 14.3. The number of amides is 3. The van der Waals surface area contributed by atoms with E-state index in [0.29, 0.717) is 11.7 Å². The summed E-state index contributed by atoms with van der Waals surface area (Å²) in [7, 11) is 0. The first kappa shape index (κ1) is 27.0. The molecule has 13 heteroatoms. The van der Waals surface area contributed by atoms with Crippen molar-refractivity contribution in [1.82, 2.24) is 10.4 Å². The van der Waals surface area contributed by atoms with E-state index in [0.717, 1.165) is 0 Å². The number of nitrogens with zero attached hydrogens (tertiary/aromatic N) is 4. The van der Waals surface area contributed by atoms with Crippen LogP contribution < -0.4 is 5.32 Å². The van der Waals surface area contributed by atoms with Crippen molar-refractivity contribution in [2.75, 3.05) is 33.0 Å². The van der Waals surface area contributed by atoms with E-state index in [2.05, 4.69) is 15.3 Å². The van der Waals surface area contributed by atoms with Gasteiger partial charge in [0, 0.05) is 37.1 Å². The summed E-state index contributed by atoms with van der Waals surface area (Å²) in [6.45, 7) is 4.72. The van der Waals surface area contributed by atoms with Gasteiger partial charge in [-0.05, 0) is 11.4 Å². The molecule has 1 aliphatic heterocycles. The summed E-state index contributed by atoms with van der Waals surface area (Å²) in [5.74, 6) is -3.01. The maximum absolute atomic E-state index is 12.5. The maximum atomic E-state index is 12.5. The van der Waals surface area contributed by atoms with E-state index in [-0.39, 0.29) is 76.1 Å². The summed E-state index contributed by atoms with van der Waals surface area (Å²) in [6.07, 6.45) is -0.516. The predicted molar refractivity (Wildman–Crippen MR) is 108 cm³/mol. The Morgan fingerprint density at radius 1 is 1.03 bits per heavy atom. The molecule has 1 saturated heterocycles. The monoisotopic (exact) mass is 455 g/mol. The molecule has 1 heterocycles. The van der Waals surface area contributed by atoms with Crippen LogP contribution in [0.2, 0.25) is 0 Å². The van der Waals surface area contributed by atoms with Crippen molar-refractivity contribution in [3.63, 3.8) is 0 Å². The second kappa shape index (κ2) is 14.9. The maximum Gasteiger partial charge on any atom is 0.333 e. The number of hydrogen-bond acceptors (Lipinski definition) is 9. The Morgan fingerprint density at radius 2 is 1.66 bits per heavy atom. The minimum atomic E-state index is -0.870. The highest BCUT2D eigenvalue weighted by atomic mass is 16.7. The minimum absolute atomic E-state index is 0.0132. The van der Waals surface area contributed by atoms with E-state index < -0.39 is 23.8 Å². The highest BCUT2D eigenvalue weighted by Gasteiger charge is 2.33. The fourth-order valence-electron chi connectivity index (χ4n) is 2.69. The number of azide groups is 1. The number of carbonyl (C=O) groups is 5. The van der Waals surface area contributed by atoms with Crippen molar-refractivity contribution in [2.45, 2.75) is 52.0 Å². The Morgan fingerprint density at radius 3 is 2.25 bits per heavy atom. The lowest BCUT2D eigenvalue weighted by Gasteiger charge is -2.21. The molecule has 0 aliphatic carbocycles. The Hall–Kier alpha value is -3.02. The molecule has 0 radical (unpaired) electrons. The van der Waals surface area contributed by atoms with E-state index in [1.165, 1.54) is 0 Å². The van der Waals surface area contributed by atoms with E-state index in [9.17, 15) is 24.0 Å². The Balaban J connectivity index is 2.29. The van der Waals surface area contributed by atoms with Crippen LogP contribution in [-0.2, 0) is 38.3 Å². The van der Waals surface area contributed by atoms with Crippen molar-refractivity contribution in [3.05, 3.63) is 10.4 Å². The van der Waals surface area contributed by atoms with Gasteiger partial charge in [0.05, 0.1) is 38.9 Å². The molecule has 13 nitrogen and oxygen atoms in total. The van der Waals surface area contributed by atoms with Crippen molar-refractivity contribution in [2.24, 2.45) is 11.0 Å². The molecule has 0 aromatic heterocycles. The summed E-state index contributed by atoms with van der Waals surface area (Å²) in [6, 6.07) is -0.797. The van der Waals surface area contributed by atoms with Crippen molar-refractivity contribution in [3.8, 4) is 0 Å². The number of ether oxygens (including phenoxy) is 2. The Kier molecular flexibility index (Phi) is 12.6. The summed E-state index contributed by atoms with van der Waals surface area (Å²) in [4.78, 5) is 66.7. The molecule has 1 N–H and O–H groups in total. The van der Waals surface area contributed by atoms with Crippen LogP contribution in [0.4, 0.5) is 0 Å². The van der Waals surface area contributed by atoms with Gasteiger partial charge in [-0.25, -0.2) is 4.79 Å². The molecule has 0 bridgehead atoms. The van der Waals surface area contributed by atoms with Gasteiger partial charge in [0.25, 0.3) is 11.8 Å². The van der Waals surface area contributed by atoms with E-state index in [4.69, 9.17) is 19.8 Å². The Labute approximate surface area is 185 Å². The lowest BCUT2D eigenvalue weighted by molar-refractivity contribution is -0.197. The summed E-state index contributed by atoms with van der Waals surface area (Å²) >= 11 is 0. The fraction of sp³-hybridized carbons (Fsp3) is 0.737. The second-order valence-electron chi connectivity index (χ2n) is 7.23. The molecule has 1 aliphatic rings. The van der Waals surface area contributed by atoms with Crippen LogP contribution in [-0.4, -0.2) is 73.6 Å². The molecule has 1 atom stereocenters. The number of rotatable bonds is 16. The topological polar surface area (TPSA) is 177 Å². The van der Waals surface area contributed by atoms with Gasteiger partial charge in [-0.2, -0.15) is 0 Å². The molecule has 0 spiro atoms. The van der Waals surface area contributed by atoms with Gasteiger partial charge >= 0.3 is 5.97 Å². The van der Waals surface area contributed by atoms with Crippen LogP contribution in [0.1, 0.15) is 46.0 Å². The molecule has 178 valence electrons. The van der Waals surface area contributed by atoms with Gasteiger partial charge in [0.1, 0.15) is 0 Å². The smallest absolute Gasteiger partial charge is 0.333 e. The molecule has 32 heavy (non-hydrogen) atoms. The number of carbonyl (C=O) groups excluding carboxylic acids is 5. The van der Waals surface area contributed by atoms with Gasteiger partial charge in [-0.3, -0.25) is 19.2 Å². The molecule has 3 amide bonds. The van der Waals surface area contributed by atoms with Gasteiger partial charge in [0.15, 0.2) is 5.78 Å². The first-order valence-corrected chi connectivity index (χ1v) is 10.3. The molecular weight excluding hydrogens is 426 g/mol. The number of hydrogen-bond donors (Lipinski definition) is 1. The largest absolute Gasteiger partial charge is 0.379 e. The first-order valence-electron chi connectivity index (χ1n) is 10.3. The summed E-state index contributed by atoms with van der Waals surface area (Å²) in [5, 5.41) is 6.38. The van der Waals surface area contributed by atoms with Crippen LogP contribution >= 0.6 is 0 Å². The van der Waals surface area contributed by atoms with Crippen molar-refractivity contribution in [1.29, 1.82) is 0 Å². The van der Waals surface area contributed by atoms with Crippen LogP contribution in [0.25, 0.3) is 10.4 Å². The van der Waals surface area contributed by atoms with Crippen molar-refractivity contribution < 1.29 is 38.3 Å². The molecule has 0 aromatic carbocycles. The lowest BCUT2D eigenvalue weighted by Crippen LogP contribution is -2.44. The molecular formula is C19H29N5O8. The van der Waals surface area contributed by atoms with Gasteiger partial charge in [-0.15, -0.1) is 5.06 Å². The standard InChI is InChI=1S/C19H29N5O8/c1-13(2)19(22-15(26)7-9-30-11-12-31-10-8-21-23-20)14(25)3-6-18(29)32-24-16(27)4-5-17(24)28/h13,19H,3-12H2,1-2H3,(H,22,26)/t19-/m0/s1. The summed E-state index contributed by atoms with van der Waals surface area (Å²) in [5.41, 5.74) is 8.12. The van der Waals surface area contributed by atoms with Gasteiger partial charge in [-0.1, -0.05) is 19.0 Å². The third-order valence-electron chi connectivity index (χ3n) is 4.35. The zero-order chi connectivity index (χ0) is 23.9. The van der Waals surface area contributed by atoms with Crippen LogP contribution in [0.15, 0.2) is 5.11 Å². The molecule has 1 fully saturated rings. The highest BCUT2D eigenvalue weighted by molar-refractivity contribution is 6.01. The van der Waals surface area contributed by atoms with Crippen molar-refractivity contribution >= 4 is 29.5 Å². The third-order valence-corrected chi connectivity index (χ3v) is 4.35. The average Bonchev–Trinajstić information content (AvgIpc) is 3.06. The summed E-state index contributed by atoms with van der Waals surface area (Å²) < 4.78 is 10.4. The average molecular weight is 455 g/mol. The zero-order valence-corrected chi connectivity index (χ0v) is 18.3. The third kappa shape index (κ3) is 10.3. The van der Waals surface area contributed by atoms with Gasteiger partial charge < -0.3 is 19.6 Å². The van der Waals surface area contributed by atoms with Gasteiger partial charge in [0.2, 0.25) is 5.91 Å². The molecule has 0 aromatic rings. The number of Topliss-reactive ketones (excluding diaryl/α,β-unsaturated/α-hetero) is 1. The van der Waals surface area contributed by atoms with E-state index in [1.54, 1.807) is 13.8 Å². The van der Waals surface area contributed by atoms with E-state index >= 15 is 0 Å². The first-order chi connectivity index (χ1) is 15.3. The number of imide groups is 1. The number of ketones is 1. The molecule has 0 saturated carbocycles. The highest BCUT2D eigenvalue weighted by Crippen LogP contribution is 2.14. The van der Waals surface area contributed by atoms with Crippen LogP contribution in [0.3, 0.4) is 0 Å². The zero-order valence-electron chi connectivity index (χ0n) is 18.3. The Bertz CT molecular complexity index is 719. The minimum Gasteiger partial charge on any atom is -0.379 e. The second-order valence-corrected chi connectivity index (χ2v) is 7.23. The lowest BCUT2D eigenvalue weighted by atomic mass is 9.96.